The van der Waals surface area contributed by atoms with Crippen LogP contribution < -0.4 is 14.4 Å². The summed E-state index contributed by atoms with van der Waals surface area (Å²) in [4.78, 5) is 29.0. The lowest BCUT2D eigenvalue weighted by Crippen LogP contribution is -2.52. The van der Waals surface area contributed by atoms with E-state index in [-0.39, 0.29) is 17.3 Å². The van der Waals surface area contributed by atoms with Crippen LogP contribution in [0.4, 0.5) is 5.69 Å². The summed E-state index contributed by atoms with van der Waals surface area (Å²) in [6.07, 6.45) is 2.07. The number of methoxy groups -OCH3 is 1. The lowest BCUT2D eigenvalue weighted by atomic mass is 10.1. The molecule has 0 unspecified atom stereocenters. The van der Waals surface area contributed by atoms with Gasteiger partial charge in [0.2, 0.25) is 11.8 Å². The molecule has 0 spiro atoms. The Kier molecular flexibility index (Phi) is 11.8. The predicted molar refractivity (Wildman–Crippen MR) is 167 cm³/mol. The van der Waals surface area contributed by atoms with Crippen molar-refractivity contribution in [2.75, 3.05) is 24.5 Å². The maximum atomic E-state index is 14.2. The Labute approximate surface area is 254 Å². The summed E-state index contributed by atoms with van der Waals surface area (Å²) >= 11 is 6.40. The zero-order valence-electron chi connectivity index (χ0n) is 24.9. The second kappa shape index (κ2) is 15.1. The normalized spacial score (nSPS) is 12.0. The molecule has 226 valence electrons. The molecule has 10 heteroatoms. The number of carbonyl (C=O) groups is 2. The maximum Gasteiger partial charge on any atom is 0.264 e. The van der Waals surface area contributed by atoms with Gasteiger partial charge in [0, 0.05) is 18.1 Å². The Morgan fingerprint density at radius 1 is 0.976 bits per heavy atom. The first-order valence-corrected chi connectivity index (χ1v) is 15.9. The molecule has 1 atom stereocenters. The van der Waals surface area contributed by atoms with E-state index in [1.807, 2.05) is 32.9 Å². The second-order valence-electron chi connectivity index (χ2n) is 10.1. The maximum absolute atomic E-state index is 14.2. The number of amides is 2. The first kappa shape index (κ1) is 32.9. The van der Waals surface area contributed by atoms with Crippen molar-refractivity contribution in [3.05, 3.63) is 88.4 Å². The first-order chi connectivity index (χ1) is 20.0. The van der Waals surface area contributed by atoms with E-state index in [2.05, 4.69) is 5.32 Å². The van der Waals surface area contributed by atoms with E-state index in [0.29, 0.717) is 35.0 Å². The molecule has 0 aromatic heterocycles. The van der Waals surface area contributed by atoms with Gasteiger partial charge >= 0.3 is 0 Å². The standard InChI is InChI=1S/C32H40ClN3O5S/c1-6-8-20-34-32(38)29(7-2)35(21-25-14-16-26(41-5)17-15-25)31(37)22-36(30-11-9-10-28(33)24(30)4)42(39,40)27-18-12-23(3)13-19-27/h9-19,29H,6-8,20-22H2,1-5H3,(H,34,38)/t29-/m1/s1. The highest BCUT2D eigenvalue weighted by atomic mass is 35.5. The van der Waals surface area contributed by atoms with Crippen molar-refractivity contribution in [2.24, 2.45) is 0 Å². The van der Waals surface area contributed by atoms with Crippen LogP contribution in [-0.2, 0) is 26.2 Å². The van der Waals surface area contributed by atoms with Crippen LogP contribution in [0.15, 0.2) is 71.6 Å². The van der Waals surface area contributed by atoms with E-state index < -0.39 is 28.5 Å². The summed E-state index contributed by atoms with van der Waals surface area (Å²) in [7, 11) is -2.61. The number of hydrogen-bond donors (Lipinski definition) is 1. The highest BCUT2D eigenvalue weighted by molar-refractivity contribution is 7.92. The fourth-order valence-corrected chi connectivity index (χ4v) is 6.21. The number of hydrogen-bond acceptors (Lipinski definition) is 5. The number of aryl methyl sites for hydroxylation is 1. The van der Waals surface area contributed by atoms with E-state index in [1.165, 1.54) is 17.0 Å². The van der Waals surface area contributed by atoms with Crippen LogP contribution in [-0.4, -0.2) is 51.4 Å². The third-order valence-corrected chi connectivity index (χ3v) is 9.31. The third kappa shape index (κ3) is 8.04. The number of unbranched alkanes of at least 4 members (excludes halogenated alkanes) is 1. The number of nitrogens with zero attached hydrogens (tertiary/aromatic N) is 2. The fourth-order valence-electron chi connectivity index (χ4n) is 4.57. The average Bonchev–Trinajstić information content (AvgIpc) is 2.98. The molecule has 8 nitrogen and oxygen atoms in total. The van der Waals surface area contributed by atoms with Gasteiger partial charge in [-0.2, -0.15) is 0 Å². The molecule has 0 saturated heterocycles. The van der Waals surface area contributed by atoms with Crippen LogP contribution in [0, 0.1) is 13.8 Å². The number of rotatable bonds is 14. The van der Waals surface area contributed by atoms with E-state index >= 15 is 0 Å². The number of ether oxygens (including phenoxy) is 1. The SMILES string of the molecule is CCCCNC(=O)[C@@H](CC)N(Cc1ccc(OC)cc1)C(=O)CN(c1cccc(Cl)c1C)S(=O)(=O)c1ccc(C)cc1. The molecule has 0 aliphatic carbocycles. The van der Waals surface area contributed by atoms with E-state index in [1.54, 1.807) is 56.5 Å². The largest absolute Gasteiger partial charge is 0.497 e. The number of nitrogens with one attached hydrogen (secondary N) is 1. The van der Waals surface area contributed by atoms with Crippen molar-refractivity contribution in [1.82, 2.24) is 10.2 Å². The average molecular weight is 614 g/mol. The summed E-state index contributed by atoms with van der Waals surface area (Å²) in [5.41, 5.74) is 2.49. The molecule has 0 fully saturated rings. The molecule has 3 aromatic carbocycles. The van der Waals surface area contributed by atoms with Gasteiger partial charge in [-0.3, -0.25) is 13.9 Å². The minimum atomic E-state index is -4.18. The van der Waals surface area contributed by atoms with E-state index in [4.69, 9.17) is 16.3 Å². The lowest BCUT2D eigenvalue weighted by Gasteiger charge is -2.33. The van der Waals surface area contributed by atoms with Crippen LogP contribution in [0.25, 0.3) is 0 Å². The third-order valence-electron chi connectivity index (χ3n) is 7.12. The van der Waals surface area contributed by atoms with Gasteiger partial charge < -0.3 is 15.0 Å². The molecule has 0 saturated carbocycles. The van der Waals surface area contributed by atoms with Crippen molar-refractivity contribution in [2.45, 2.75) is 64.4 Å². The van der Waals surface area contributed by atoms with Crippen molar-refractivity contribution in [1.29, 1.82) is 0 Å². The molecule has 0 radical (unpaired) electrons. The van der Waals surface area contributed by atoms with Crippen LogP contribution in [0.2, 0.25) is 5.02 Å². The van der Waals surface area contributed by atoms with Crippen molar-refractivity contribution >= 4 is 39.1 Å². The van der Waals surface area contributed by atoms with Gasteiger partial charge in [-0.15, -0.1) is 0 Å². The summed E-state index contributed by atoms with van der Waals surface area (Å²) in [6.45, 7) is 7.52. The second-order valence-corrected chi connectivity index (χ2v) is 12.4. The summed E-state index contributed by atoms with van der Waals surface area (Å²) < 4.78 is 34.5. The number of benzene rings is 3. The van der Waals surface area contributed by atoms with Crippen molar-refractivity contribution in [3.8, 4) is 5.75 Å². The van der Waals surface area contributed by atoms with Crippen molar-refractivity contribution in [3.63, 3.8) is 0 Å². The molecule has 3 aromatic rings. The van der Waals surface area contributed by atoms with Gasteiger partial charge in [0.1, 0.15) is 18.3 Å². The topological polar surface area (TPSA) is 96.0 Å². The number of carbonyl (C=O) groups excluding carboxylic acids is 2. The molecule has 3 rings (SSSR count). The smallest absolute Gasteiger partial charge is 0.264 e. The Morgan fingerprint density at radius 3 is 2.24 bits per heavy atom. The Hall–Kier alpha value is -3.56. The number of sulfonamides is 1. The molecule has 0 bridgehead atoms. The first-order valence-electron chi connectivity index (χ1n) is 14.1. The zero-order valence-corrected chi connectivity index (χ0v) is 26.5. The monoisotopic (exact) mass is 613 g/mol. The van der Waals surface area contributed by atoms with Crippen LogP contribution in [0.5, 0.6) is 5.75 Å². The Morgan fingerprint density at radius 2 is 1.64 bits per heavy atom. The molecular weight excluding hydrogens is 574 g/mol. The molecule has 2 amide bonds. The van der Waals surface area contributed by atoms with Crippen molar-refractivity contribution < 1.29 is 22.7 Å². The Balaban J connectivity index is 2.07. The minimum absolute atomic E-state index is 0.0475. The van der Waals surface area contributed by atoms with Crippen LogP contribution >= 0.6 is 11.6 Å². The highest BCUT2D eigenvalue weighted by Gasteiger charge is 2.34. The predicted octanol–water partition coefficient (Wildman–Crippen LogP) is 5.88. The molecule has 0 aliphatic rings. The molecule has 42 heavy (non-hydrogen) atoms. The molecule has 1 N–H and O–H groups in total. The van der Waals surface area contributed by atoms with Gasteiger partial charge in [-0.25, -0.2) is 8.42 Å². The lowest BCUT2D eigenvalue weighted by molar-refractivity contribution is -0.140. The summed E-state index contributed by atoms with van der Waals surface area (Å²) in [6, 6.07) is 17.8. The van der Waals surface area contributed by atoms with Gasteiger partial charge in [0.05, 0.1) is 17.7 Å². The fraction of sp³-hybridized carbons (Fsp3) is 0.375. The van der Waals surface area contributed by atoms with Gasteiger partial charge in [-0.05, 0) is 74.2 Å². The zero-order chi connectivity index (χ0) is 30.9. The van der Waals surface area contributed by atoms with E-state index in [0.717, 1.165) is 28.3 Å². The Bertz CT molecular complexity index is 1460. The van der Waals surface area contributed by atoms with Gasteiger partial charge in [0.15, 0.2) is 0 Å². The summed E-state index contributed by atoms with van der Waals surface area (Å²) in [5.74, 6) is -0.133. The van der Waals surface area contributed by atoms with E-state index in [9.17, 15) is 18.0 Å². The minimum Gasteiger partial charge on any atom is -0.497 e. The molecule has 0 aliphatic heterocycles. The number of halogens is 1. The van der Waals surface area contributed by atoms with Gasteiger partial charge in [0.25, 0.3) is 10.0 Å². The molecular formula is C32H40ClN3O5S. The summed E-state index contributed by atoms with van der Waals surface area (Å²) in [5, 5.41) is 3.31. The highest BCUT2D eigenvalue weighted by Crippen LogP contribution is 2.31. The van der Waals surface area contributed by atoms with Crippen LogP contribution in [0.3, 0.4) is 0 Å². The van der Waals surface area contributed by atoms with Crippen LogP contribution in [0.1, 0.15) is 49.8 Å². The quantitative estimate of drug-likeness (QED) is 0.229. The van der Waals surface area contributed by atoms with Gasteiger partial charge in [-0.1, -0.05) is 67.8 Å². The number of anilines is 1. The molecule has 0 heterocycles.